The van der Waals surface area contributed by atoms with Crippen molar-refractivity contribution in [1.29, 1.82) is 0 Å². The number of carboxylic acids is 1. The fourth-order valence-electron chi connectivity index (χ4n) is 2.59. The Labute approximate surface area is 146 Å². The number of likely N-dealkylation sites (N-methyl/N-ethyl adjacent to an activating group) is 1. The molecule has 1 atom stereocenters. The number of aliphatic carboxylic acids is 1. The number of sulfonamides is 1. The number of nitrogens with zero attached hydrogens (tertiary/aromatic N) is 2. The predicted molar refractivity (Wildman–Crippen MR) is 91.8 cm³/mol. The molecule has 1 amide bonds. The lowest BCUT2D eigenvalue weighted by molar-refractivity contribution is -0.142. The molecule has 1 heterocycles. The molecule has 0 saturated heterocycles. The van der Waals surface area contributed by atoms with Crippen LogP contribution in [0.25, 0.3) is 0 Å². The maximum Gasteiger partial charge on any atom is 0.326 e. The van der Waals surface area contributed by atoms with E-state index in [1.165, 1.54) is 18.0 Å². The quantitative estimate of drug-likeness (QED) is 0.764. The van der Waals surface area contributed by atoms with Crippen LogP contribution in [-0.4, -0.2) is 55.8 Å². The second-order valence-electron chi connectivity index (χ2n) is 6.33. The van der Waals surface area contributed by atoms with Gasteiger partial charge < -0.3 is 15.3 Å². The van der Waals surface area contributed by atoms with Gasteiger partial charge in [0, 0.05) is 12.6 Å². The molecule has 1 aliphatic rings. The van der Waals surface area contributed by atoms with E-state index in [2.05, 4.69) is 9.71 Å². The summed E-state index contributed by atoms with van der Waals surface area (Å²) in [6, 6.07) is 5.38. The minimum Gasteiger partial charge on any atom is -0.480 e. The normalized spacial score (nSPS) is 16.1. The molecule has 0 aliphatic carbocycles. The zero-order valence-corrected chi connectivity index (χ0v) is 15.1. The van der Waals surface area contributed by atoms with Gasteiger partial charge in [0.1, 0.15) is 10.9 Å². The summed E-state index contributed by atoms with van der Waals surface area (Å²) in [5.74, 6) is -1.34. The number of nitrogens with one attached hydrogen (secondary N) is 1. The van der Waals surface area contributed by atoms with E-state index in [-0.39, 0.29) is 23.2 Å². The minimum atomic E-state index is -3.77. The summed E-state index contributed by atoms with van der Waals surface area (Å²) in [6.07, 6.45) is 0.308. The summed E-state index contributed by atoms with van der Waals surface area (Å²) in [7, 11) is -2.23. The number of hydrogen-bond donors (Lipinski definition) is 2. The lowest BCUT2D eigenvalue weighted by Crippen LogP contribution is -2.46. The summed E-state index contributed by atoms with van der Waals surface area (Å²) in [4.78, 5) is 24.9. The summed E-state index contributed by atoms with van der Waals surface area (Å²) in [6.45, 7) is 3.52. The van der Waals surface area contributed by atoms with Crippen molar-refractivity contribution < 1.29 is 23.1 Å². The minimum absolute atomic E-state index is 0.0977. The first-order valence-corrected chi connectivity index (χ1v) is 9.23. The first kappa shape index (κ1) is 18.9. The SMILES string of the molecule is CC(C)C[C@@H](NC(=O)CN(C)C1=NS(=O)(=O)c2ccccc21)C(=O)O. The van der Waals surface area contributed by atoms with Crippen molar-refractivity contribution in [3.05, 3.63) is 29.8 Å². The van der Waals surface area contributed by atoms with Crippen LogP contribution in [0.2, 0.25) is 0 Å². The molecule has 2 N–H and O–H groups in total. The Morgan fingerprint density at radius 2 is 1.92 bits per heavy atom. The van der Waals surface area contributed by atoms with Crippen LogP contribution >= 0.6 is 0 Å². The highest BCUT2D eigenvalue weighted by Gasteiger charge is 2.31. The zero-order valence-electron chi connectivity index (χ0n) is 14.3. The number of carbonyl (C=O) groups excluding carboxylic acids is 1. The van der Waals surface area contributed by atoms with Crippen LogP contribution in [-0.2, 0) is 19.6 Å². The van der Waals surface area contributed by atoms with E-state index >= 15 is 0 Å². The molecule has 0 unspecified atom stereocenters. The Morgan fingerprint density at radius 3 is 2.52 bits per heavy atom. The number of amides is 1. The van der Waals surface area contributed by atoms with Crippen molar-refractivity contribution in [3.8, 4) is 0 Å². The Kier molecular flexibility index (Phi) is 5.46. The number of benzene rings is 1. The number of carbonyl (C=O) groups is 2. The van der Waals surface area contributed by atoms with E-state index in [0.717, 1.165) is 0 Å². The fraction of sp³-hybridized carbons (Fsp3) is 0.438. The van der Waals surface area contributed by atoms with Gasteiger partial charge in [-0.3, -0.25) is 4.79 Å². The van der Waals surface area contributed by atoms with Crippen LogP contribution in [0.4, 0.5) is 0 Å². The Balaban J connectivity index is 2.11. The van der Waals surface area contributed by atoms with Crippen molar-refractivity contribution in [3.63, 3.8) is 0 Å². The lowest BCUT2D eigenvalue weighted by Gasteiger charge is -2.21. The third-order valence-electron chi connectivity index (χ3n) is 3.70. The van der Waals surface area contributed by atoms with Gasteiger partial charge in [0.15, 0.2) is 5.84 Å². The molecular weight excluding hydrogens is 346 g/mol. The molecule has 0 radical (unpaired) electrons. The van der Waals surface area contributed by atoms with E-state index < -0.39 is 27.9 Å². The van der Waals surface area contributed by atoms with E-state index in [4.69, 9.17) is 0 Å². The van der Waals surface area contributed by atoms with Crippen molar-refractivity contribution in [2.24, 2.45) is 10.3 Å². The maximum absolute atomic E-state index is 12.2. The van der Waals surface area contributed by atoms with Crippen LogP contribution in [0.5, 0.6) is 0 Å². The fourth-order valence-corrected chi connectivity index (χ4v) is 3.84. The van der Waals surface area contributed by atoms with Gasteiger partial charge in [-0.2, -0.15) is 8.42 Å². The smallest absolute Gasteiger partial charge is 0.326 e. The number of amidine groups is 1. The third-order valence-corrected chi connectivity index (χ3v) is 5.02. The second kappa shape index (κ2) is 7.22. The molecule has 0 aromatic heterocycles. The van der Waals surface area contributed by atoms with Crippen LogP contribution in [0.1, 0.15) is 25.8 Å². The molecule has 1 aromatic carbocycles. The molecule has 2 rings (SSSR count). The standard InChI is InChI=1S/C16H21N3O5S/c1-10(2)8-12(16(21)22)17-14(20)9-19(3)15-11-6-4-5-7-13(11)25(23,24)18-15/h4-7,10,12H,8-9H2,1-3H3,(H,17,20)(H,21,22)/t12-/m1/s1. The van der Waals surface area contributed by atoms with Crippen molar-refractivity contribution in [2.75, 3.05) is 13.6 Å². The first-order chi connectivity index (χ1) is 11.6. The largest absolute Gasteiger partial charge is 0.480 e. The molecule has 9 heteroatoms. The predicted octanol–water partition coefficient (Wildman–Crippen LogP) is 0.683. The van der Waals surface area contributed by atoms with Crippen molar-refractivity contribution in [2.45, 2.75) is 31.2 Å². The number of rotatable bonds is 6. The highest BCUT2D eigenvalue weighted by Crippen LogP contribution is 2.26. The van der Waals surface area contributed by atoms with Gasteiger partial charge in [-0.05, 0) is 24.5 Å². The average molecular weight is 367 g/mol. The van der Waals surface area contributed by atoms with Gasteiger partial charge in [-0.1, -0.05) is 26.0 Å². The van der Waals surface area contributed by atoms with Gasteiger partial charge in [0.2, 0.25) is 5.91 Å². The Bertz CT molecular complexity index is 817. The van der Waals surface area contributed by atoms with E-state index in [1.54, 1.807) is 18.2 Å². The lowest BCUT2D eigenvalue weighted by atomic mass is 10.0. The van der Waals surface area contributed by atoms with Crippen molar-refractivity contribution >= 4 is 27.7 Å². The molecule has 0 bridgehead atoms. The van der Waals surface area contributed by atoms with E-state index in [1.807, 2.05) is 13.8 Å². The van der Waals surface area contributed by atoms with Crippen molar-refractivity contribution in [1.82, 2.24) is 10.2 Å². The van der Waals surface area contributed by atoms with Gasteiger partial charge in [0.25, 0.3) is 10.0 Å². The van der Waals surface area contributed by atoms with Gasteiger partial charge in [0.05, 0.1) is 6.54 Å². The molecule has 8 nitrogen and oxygen atoms in total. The van der Waals surface area contributed by atoms with Gasteiger partial charge >= 0.3 is 5.97 Å². The first-order valence-electron chi connectivity index (χ1n) is 7.79. The summed E-state index contributed by atoms with van der Waals surface area (Å²) < 4.78 is 27.8. The maximum atomic E-state index is 12.2. The molecule has 1 aromatic rings. The molecule has 0 spiro atoms. The van der Waals surface area contributed by atoms with Crippen LogP contribution < -0.4 is 5.32 Å². The van der Waals surface area contributed by atoms with Crippen LogP contribution in [0.15, 0.2) is 33.6 Å². The Hall–Kier alpha value is -2.42. The molecular formula is C16H21N3O5S. The molecule has 0 fully saturated rings. The zero-order chi connectivity index (χ0) is 18.8. The topological polar surface area (TPSA) is 116 Å². The van der Waals surface area contributed by atoms with Crippen LogP contribution in [0.3, 0.4) is 0 Å². The highest BCUT2D eigenvalue weighted by atomic mass is 32.2. The number of carboxylic acid groups (broad SMARTS) is 1. The average Bonchev–Trinajstić information content (AvgIpc) is 2.78. The number of fused-ring (bicyclic) bond motifs is 1. The van der Waals surface area contributed by atoms with Gasteiger partial charge in [-0.15, -0.1) is 4.40 Å². The molecule has 1 aliphatic heterocycles. The highest BCUT2D eigenvalue weighted by molar-refractivity contribution is 7.90. The molecule has 25 heavy (non-hydrogen) atoms. The third kappa shape index (κ3) is 4.36. The van der Waals surface area contributed by atoms with E-state index in [9.17, 15) is 23.1 Å². The summed E-state index contributed by atoms with van der Waals surface area (Å²) in [5.41, 5.74) is 0.426. The van der Waals surface area contributed by atoms with Gasteiger partial charge in [-0.25, -0.2) is 4.79 Å². The second-order valence-corrected chi connectivity index (χ2v) is 7.90. The monoisotopic (exact) mass is 367 g/mol. The molecule has 136 valence electrons. The molecule has 0 saturated carbocycles. The van der Waals surface area contributed by atoms with E-state index in [0.29, 0.717) is 12.0 Å². The Morgan fingerprint density at radius 1 is 1.28 bits per heavy atom. The number of hydrogen-bond acceptors (Lipinski definition) is 5. The summed E-state index contributed by atoms with van der Waals surface area (Å²) >= 11 is 0. The van der Waals surface area contributed by atoms with Crippen LogP contribution in [0, 0.1) is 5.92 Å². The summed E-state index contributed by atoms with van der Waals surface area (Å²) in [5, 5.41) is 11.6.